The van der Waals surface area contributed by atoms with E-state index < -0.39 is 17.4 Å². The smallest absolute Gasteiger partial charge is 0.407 e. The Hall–Kier alpha value is -2.79. The number of pyridine rings is 1. The molecule has 1 aromatic heterocycles. The van der Waals surface area contributed by atoms with Crippen LogP contribution in [-0.2, 0) is 19.1 Å². The molecular weight excluding hydrogens is 434 g/mol. The molecule has 2 heterocycles. The molecule has 1 aliphatic rings. The van der Waals surface area contributed by atoms with Gasteiger partial charge in [-0.25, -0.2) is 9.78 Å². The summed E-state index contributed by atoms with van der Waals surface area (Å²) < 4.78 is 10.3. The molecule has 1 unspecified atom stereocenters. The van der Waals surface area contributed by atoms with Gasteiger partial charge in [0.25, 0.3) is 0 Å². The van der Waals surface area contributed by atoms with E-state index in [0.717, 1.165) is 36.5 Å². The first-order valence-corrected chi connectivity index (χ1v) is 10.6. The molecule has 1 saturated heterocycles. The van der Waals surface area contributed by atoms with Gasteiger partial charge in [-0.3, -0.25) is 9.59 Å². The van der Waals surface area contributed by atoms with Crippen LogP contribution in [0.15, 0.2) is 18.3 Å². The number of rotatable bonds is 4. The molecule has 0 saturated carbocycles. The number of nitrogens with zero attached hydrogens (tertiary/aromatic N) is 2. The Labute approximate surface area is 194 Å². The molecule has 2 rings (SSSR count). The Balaban J connectivity index is 0.000000343. The highest BCUT2D eigenvalue weighted by molar-refractivity contribution is 7.80. The molecule has 0 bridgehead atoms. The Bertz CT molecular complexity index is 795. The zero-order valence-electron chi connectivity index (χ0n) is 19.3. The van der Waals surface area contributed by atoms with Gasteiger partial charge in [0, 0.05) is 32.4 Å². The molecule has 1 fully saturated rings. The molecule has 11 heteroatoms. The molecule has 1 atom stereocenters. The number of primary amides is 1. The number of carbonyl (C=O) groups is 3. The van der Waals surface area contributed by atoms with Crippen molar-refractivity contribution in [3.63, 3.8) is 0 Å². The molecule has 0 aromatic carbocycles. The van der Waals surface area contributed by atoms with Crippen LogP contribution in [0.3, 0.4) is 0 Å². The molecule has 0 aliphatic carbocycles. The fraction of sp³-hybridized carbons (Fsp3) is 0.571. The average molecular weight is 468 g/mol. The lowest BCUT2D eigenvalue weighted by Crippen LogP contribution is -2.50. The van der Waals surface area contributed by atoms with E-state index in [-0.39, 0.29) is 12.1 Å². The van der Waals surface area contributed by atoms with E-state index in [1.54, 1.807) is 25.4 Å². The number of hydrogen-bond acceptors (Lipinski definition) is 7. The second-order valence-corrected chi connectivity index (χ2v) is 8.77. The SMILES string of the molecule is COCC(=S)N1CCCC(NC(=O)OC(C)(C)C)C1.Cc1ccc(NC(=O)C(N)=O)nc1. The van der Waals surface area contributed by atoms with Crippen molar-refractivity contribution in [3.8, 4) is 0 Å². The lowest BCUT2D eigenvalue weighted by atomic mass is 10.1. The number of thiocarbonyl (C=S) groups is 1. The van der Waals surface area contributed by atoms with E-state index in [1.807, 2.05) is 27.7 Å². The summed E-state index contributed by atoms with van der Waals surface area (Å²) in [5, 5.41) is 5.14. The Morgan fingerprint density at radius 2 is 2.00 bits per heavy atom. The molecule has 1 aromatic rings. The van der Waals surface area contributed by atoms with Crippen LogP contribution in [0, 0.1) is 6.92 Å². The number of piperidine rings is 1. The highest BCUT2D eigenvalue weighted by atomic mass is 32.1. The molecule has 32 heavy (non-hydrogen) atoms. The first-order valence-electron chi connectivity index (χ1n) is 10.2. The number of aryl methyl sites for hydroxylation is 1. The number of likely N-dealkylation sites (tertiary alicyclic amines) is 1. The van der Waals surface area contributed by atoms with Crippen molar-refractivity contribution < 1.29 is 23.9 Å². The van der Waals surface area contributed by atoms with E-state index in [1.165, 1.54) is 0 Å². The third-order valence-corrected chi connectivity index (χ3v) is 4.52. The molecule has 0 spiro atoms. The van der Waals surface area contributed by atoms with Crippen LogP contribution in [0.2, 0.25) is 0 Å². The fourth-order valence-electron chi connectivity index (χ4n) is 2.73. The van der Waals surface area contributed by atoms with E-state index in [4.69, 9.17) is 27.4 Å². The van der Waals surface area contributed by atoms with E-state index in [2.05, 4.69) is 20.5 Å². The molecule has 3 amide bonds. The number of nitrogens with two attached hydrogens (primary N) is 1. The van der Waals surface area contributed by atoms with Gasteiger partial charge in [0.1, 0.15) is 16.4 Å². The van der Waals surface area contributed by atoms with Gasteiger partial charge in [-0.1, -0.05) is 18.3 Å². The number of aromatic nitrogens is 1. The van der Waals surface area contributed by atoms with Crippen LogP contribution in [0.5, 0.6) is 0 Å². The van der Waals surface area contributed by atoms with Gasteiger partial charge >= 0.3 is 17.9 Å². The number of amides is 3. The number of ether oxygens (including phenoxy) is 2. The monoisotopic (exact) mass is 467 g/mol. The maximum Gasteiger partial charge on any atom is 0.407 e. The van der Waals surface area contributed by atoms with Gasteiger partial charge in [0.05, 0.1) is 6.61 Å². The number of anilines is 1. The van der Waals surface area contributed by atoms with Gasteiger partial charge < -0.3 is 30.7 Å². The highest BCUT2D eigenvalue weighted by Crippen LogP contribution is 2.13. The van der Waals surface area contributed by atoms with Gasteiger partial charge in [-0.15, -0.1) is 0 Å². The molecular formula is C21H33N5O5S. The normalized spacial score (nSPS) is 15.7. The lowest BCUT2D eigenvalue weighted by molar-refractivity contribution is -0.134. The summed E-state index contributed by atoms with van der Waals surface area (Å²) in [6.45, 7) is 9.53. The first kappa shape index (κ1) is 27.2. The largest absolute Gasteiger partial charge is 0.444 e. The number of hydrogen-bond donors (Lipinski definition) is 3. The molecule has 10 nitrogen and oxygen atoms in total. The predicted octanol–water partition coefficient (Wildman–Crippen LogP) is 1.76. The summed E-state index contributed by atoms with van der Waals surface area (Å²) in [5.74, 6) is -1.58. The van der Waals surface area contributed by atoms with Crippen LogP contribution in [0.4, 0.5) is 10.6 Å². The second-order valence-electron chi connectivity index (χ2n) is 8.30. The summed E-state index contributed by atoms with van der Waals surface area (Å²) in [4.78, 5) is 39.6. The zero-order chi connectivity index (χ0) is 24.3. The number of methoxy groups -OCH3 is 1. The van der Waals surface area contributed by atoms with Crippen LogP contribution >= 0.6 is 12.2 Å². The van der Waals surface area contributed by atoms with Gasteiger partial charge in [-0.2, -0.15) is 0 Å². The van der Waals surface area contributed by atoms with Gasteiger partial charge in [0.15, 0.2) is 0 Å². The van der Waals surface area contributed by atoms with Gasteiger partial charge in [0.2, 0.25) is 0 Å². The summed E-state index contributed by atoms with van der Waals surface area (Å²) in [7, 11) is 1.63. The van der Waals surface area contributed by atoms with Gasteiger partial charge in [-0.05, 0) is 52.2 Å². The van der Waals surface area contributed by atoms with Crippen molar-refractivity contribution in [1.29, 1.82) is 0 Å². The van der Waals surface area contributed by atoms with E-state index >= 15 is 0 Å². The predicted molar refractivity (Wildman–Crippen MR) is 125 cm³/mol. The molecule has 0 radical (unpaired) electrons. The Kier molecular flexibility index (Phi) is 11.0. The first-order chi connectivity index (χ1) is 14.9. The van der Waals surface area contributed by atoms with Crippen LogP contribution < -0.4 is 16.4 Å². The minimum atomic E-state index is -1.03. The van der Waals surface area contributed by atoms with Crippen molar-refractivity contribution in [2.24, 2.45) is 5.73 Å². The third kappa shape index (κ3) is 11.0. The third-order valence-electron chi connectivity index (χ3n) is 4.14. The Morgan fingerprint density at radius 3 is 2.53 bits per heavy atom. The number of carbonyl (C=O) groups excluding carboxylic acids is 3. The number of alkyl carbamates (subject to hydrolysis) is 1. The van der Waals surface area contributed by atoms with Crippen molar-refractivity contribution in [2.75, 3.05) is 32.1 Å². The maximum atomic E-state index is 11.7. The summed E-state index contributed by atoms with van der Waals surface area (Å²) >= 11 is 5.28. The second kappa shape index (κ2) is 12.9. The molecule has 1 aliphatic heterocycles. The number of nitrogens with one attached hydrogen (secondary N) is 2. The van der Waals surface area contributed by atoms with Crippen LogP contribution in [0.1, 0.15) is 39.2 Å². The van der Waals surface area contributed by atoms with Crippen molar-refractivity contribution in [3.05, 3.63) is 23.9 Å². The summed E-state index contributed by atoms with van der Waals surface area (Å²) in [5.41, 5.74) is 5.24. The molecule has 4 N–H and O–H groups in total. The lowest BCUT2D eigenvalue weighted by Gasteiger charge is -2.35. The quantitative estimate of drug-likeness (QED) is 0.450. The summed E-state index contributed by atoms with van der Waals surface area (Å²) in [6, 6.07) is 3.44. The minimum Gasteiger partial charge on any atom is -0.444 e. The van der Waals surface area contributed by atoms with Crippen LogP contribution in [0.25, 0.3) is 0 Å². The topological polar surface area (TPSA) is 136 Å². The molecule has 178 valence electrons. The fourth-order valence-corrected chi connectivity index (χ4v) is 3.01. The van der Waals surface area contributed by atoms with Crippen LogP contribution in [-0.4, -0.2) is 71.2 Å². The standard InChI is InChI=1S/C13H24N2O3S.C8H9N3O2/c1-13(2,3)18-12(16)14-10-6-5-7-15(8-10)11(19)9-17-4;1-5-2-3-6(10-4-5)11-8(13)7(9)12/h10H,5-9H2,1-4H3,(H,14,16);2-4H,1H3,(H2,9,12)(H,10,11,13). The van der Waals surface area contributed by atoms with Crippen molar-refractivity contribution >= 4 is 40.9 Å². The Morgan fingerprint density at radius 1 is 1.31 bits per heavy atom. The highest BCUT2D eigenvalue weighted by Gasteiger charge is 2.25. The van der Waals surface area contributed by atoms with E-state index in [9.17, 15) is 14.4 Å². The minimum absolute atomic E-state index is 0.0819. The zero-order valence-corrected chi connectivity index (χ0v) is 20.1. The van der Waals surface area contributed by atoms with E-state index in [0.29, 0.717) is 12.4 Å². The maximum absolute atomic E-state index is 11.7. The van der Waals surface area contributed by atoms with Crippen molar-refractivity contribution in [2.45, 2.75) is 52.2 Å². The average Bonchev–Trinajstić information content (AvgIpc) is 2.69. The van der Waals surface area contributed by atoms with Crippen molar-refractivity contribution in [1.82, 2.24) is 15.2 Å². The summed E-state index contributed by atoms with van der Waals surface area (Å²) in [6.07, 6.45) is 3.17.